The number of hydrogen-bond acceptors (Lipinski definition) is 8. The number of piperidine rings is 1. The van der Waals surface area contributed by atoms with Crippen LogP contribution in [0.4, 0.5) is 27.8 Å². The number of aryl methyl sites for hydroxylation is 2. The third-order valence-corrected chi connectivity index (χ3v) is 6.14. The van der Waals surface area contributed by atoms with E-state index in [0.29, 0.717) is 31.5 Å². The van der Waals surface area contributed by atoms with Crippen molar-refractivity contribution < 1.29 is 36.3 Å². The number of carbonyl (C=O) groups excluding carboxylic acids is 2. The summed E-state index contributed by atoms with van der Waals surface area (Å²) in [5.41, 5.74) is 0.472. The van der Waals surface area contributed by atoms with E-state index in [1.54, 1.807) is 21.8 Å². The van der Waals surface area contributed by atoms with Crippen molar-refractivity contribution in [2.24, 2.45) is 0 Å². The minimum Gasteiger partial charge on any atom is -0.406 e. The molecule has 0 radical (unpaired) electrons. The van der Waals surface area contributed by atoms with Crippen LogP contribution < -0.4 is 15.4 Å². The molecular formula is C24H28F5N9O3. The summed E-state index contributed by atoms with van der Waals surface area (Å²) in [6.07, 6.45) is -0.954. The van der Waals surface area contributed by atoms with Gasteiger partial charge in [-0.3, -0.25) is 23.9 Å². The number of aromatic nitrogens is 6. The van der Waals surface area contributed by atoms with Crippen molar-refractivity contribution in [1.29, 1.82) is 0 Å². The summed E-state index contributed by atoms with van der Waals surface area (Å²) in [6, 6.07) is 5.28. The molecule has 1 saturated heterocycles. The lowest BCUT2D eigenvalue weighted by Crippen LogP contribution is -2.43. The molecule has 1 aromatic carbocycles. The van der Waals surface area contributed by atoms with Crippen molar-refractivity contribution in [3.8, 4) is 5.75 Å². The van der Waals surface area contributed by atoms with Crippen molar-refractivity contribution in [3.63, 3.8) is 0 Å². The third-order valence-electron chi connectivity index (χ3n) is 6.14. The lowest BCUT2D eigenvalue weighted by molar-refractivity contribution is -0.274. The average molecular weight is 586 g/mol. The average Bonchev–Trinajstić information content (AvgIpc) is 3.55. The molecule has 17 heteroatoms. The molecule has 0 atom stereocenters. The maximum Gasteiger partial charge on any atom is 0.573 e. The number of unbranched alkanes of at least 4 members (excludes halogenated alkanes) is 1. The summed E-state index contributed by atoms with van der Waals surface area (Å²) < 4.78 is 70.6. The van der Waals surface area contributed by atoms with Crippen LogP contribution in [0.5, 0.6) is 5.75 Å². The number of amides is 2. The van der Waals surface area contributed by atoms with E-state index >= 15 is 0 Å². The number of carbonyl (C=O) groups is 2. The second kappa shape index (κ2) is 13.0. The normalized spacial score (nSPS) is 15.4. The highest BCUT2D eigenvalue weighted by molar-refractivity contribution is 5.92. The second-order valence-corrected chi connectivity index (χ2v) is 9.50. The number of halogens is 5. The zero-order chi connectivity index (χ0) is 29.5. The summed E-state index contributed by atoms with van der Waals surface area (Å²) in [6.45, 7) is 1.25. The Morgan fingerprint density at radius 3 is 2.39 bits per heavy atom. The Morgan fingerprint density at radius 2 is 1.68 bits per heavy atom. The standard InChI is InChI=1S/C24H28F5N9O3/c25-23(26)6-10-36(11-7-23)16-21(39)31-20-15-38(35-33-20)9-2-1-8-37-14-19(32-34-37)22(40)30-13-17-4-3-5-18(12-17)41-24(27,28)29/h3-5,12,14-15H,1-2,6-11,13,16H2,(H,30,40)(H,31,39). The van der Waals surface area contributed by atoms with Crippen LogP contribution in [0.3, 0.4) is 0 Å². The monoisotopic (exact) mass is 585 g/mol. The molecule has 0 aliphatic carbocycles. The number of anilines is 1. The lowest BCUT2D eigenvalue weighted by atomic mass is 10.1. The molecule has 41 heavy (non-hydrogen) atoms. The summed E-state index contributed by atoms with van der Waals surface area (Å²) in [5.74, 6) is -3.67. The van der Waals surface area contributed by atoms with Crippen LogP contribution >= 0.6 is 0 Å². The molecule has 0 saturated carbocycles. The van der Waals surface area contributed by atoms with Crippen molar-refractivity contribution in [2.45, 2.75) is 57.6 Å². The van der Waals surface area contributed by atoms with E-state index in [0.717, 1.165) is 6.07 Å². The molecule has 3 aromatic rings. The van der Waals surface area contributed by atoms with E-state index < -0.39 is 18.2 Å². The van der Waals surface area contributed by atoms with Crippen LogP contribution in [-0.2, 0) is 24.4 Å². The van der Waals surface area contributed by atoms with Crippen LogP contribution in [0.25, 0.3) is 0 Å². The molecule has 2 amide bonds. The first-order chi connectivity index (χ1) is 19.4. The van der Waals surface area contributed by atoms with Crippen LogP contribution in [0, 0.1) is 0 Å². The summed E-state index contributed by atoms with van der Waals surface area (Å²) in [7, 11) is 0. The number of ether oxygens (including phenoxy) is 1. The van der Waals surface area contributed by atoms with Crippen LogP contribution in [0.1, 0.15) is 41.7 Å². The highest BCUT2D eigenvalue weighted by Gasteiger charge is 2.34. The van der Waals surface area contributed by atoms with Crippen molar-refractivity contribution in [2.75, 3.05) is 25.0 Å². The molecule has 0 bridgehead atoms. The quantitative estimate of drug-likeness (QED) is 0.245. The van der Waals surface area contributed by atoms with Gasteiger partial charge in [-0.05, 0) is 30.5 Å². The van der Waals surface area contributed by atoms with Gasteiger partial charge in [0.1, 0.15) is 5.75 Å². The van der Waals surface area contributed by atoms with Crippen molar-refractivity contribution in [1.82, 2.24) is 40.2 Å². The SMILES string of the molecule is O=C(CN1CCC(F)(F)CC1)Nc1cn(CCCCn2cc(C(=O)NCc3cccc(OC(F)(F)F)c3)nn2)nn1. The number of rotatable bonds is 12. The van der Waals surface area contributed by atoms with E-state index in [1.165, 1.54) is 23.0 Å². The smallest absolute Gasteiger partial charge is 0.406 e. The van der Waals surface area contributed by atoms with E-state index in [-0.39, 0.29) is 62.2 Å². The molecule has 3 heterocycles. The van der Waals surface area contributed by atoms with Gasteiger partial charge in [0, 0.05) is 45.6 Å². The fourth-order valence-electron chi connectivity index (χ4n) is 4.07. The van der Waals surface area contributed by atoms with Crippen molar-refractivity contribution in [3.05, 3.63) is 47.9 Å². The summed E-state index contributed by atoms with van der Waals surface area (Å²) >= 11 is 0. The Hall–Kier alpha value is -4.15. The van der Waals surface area contributed by atoms with Crippen molar-refractivity contribution >= 4 is 17.6 Å². The first-order valence-electron chi connectivity index (χ1n) is 12.8. The molecule has 2 N–H and O–H groups in total. The fourth-order valence-corrected chi connectivity index (χ4v) is 4.07. The zero-order valence-corrected chi connectivity index (χ0v) is 21.8. The zero-order valence-electron chi connectivity index (χ0n) is 21.8. The first-order valence-corrected chi connectivity index (χ1v) is 12.8. The number of nitrogens with zero attached hydrogens (tertiary/aromatic N) is 7. The van der Waals surface area contributed by atoms with Crippen LogP contribution in [-0.4, -0.2) is 78.6 Å². The van der Waals surface area contributed by atoms with Gasteiger partial charge in [0.25, 0.3) is 11.8 Å². The first kappa shape index (κ1) is 29.8. The molecule has 4 rings (SSSR count). The summed E-state index contributed by atoms with van der Waals surface area (Å²) in [4.78, 5) is 26.2. The number of hydrogen-bond donors (Lipinski definition) is 2. The highest BCUT2D eigenvalue weighted by Crippen LogP contribution is 2.27. The number of likely N-dealkylation sites (tertiary alicyclic amines) is 1. The molecule has 12 nitrogen and oxygen atoms in total. The second-order valence-electron chi connectivity index (χ2n) is 9.50. The van der Waals surface area contributed by atoms with Gasteiger partial charge in [-0.1, -0.05) is 22.6 Å². The van der Waals surface area contributed by atoms with E-state index in [2.05, 4.69) is 36.0 Å². The minimum atomic E-state index is -4.81. The minimum absolute atomic E-state index is 0.00492. The highest BCUT2D eigenvalue weighted by atomic mass is 19.4. The largest absolute Gasteiger partial charge is 0.573 e. The molecule has 0 unspecified atom stereocenters. The van der Waals surface area contributed by atoms with E-state index in [4.69, 9.17) is 0 Å². The van der Waals surface area contributed by atoms with Crippen LogP contribution in [0.15, 0.2) is 36.7 Å². The molecule has 1 aliphatic heterocycles. The number of nitrogens with one attached hydrogen (secondary N) is 2. The molecule has 0 spiro atoms. The lowest BCUT2D eigenvalue weighted by Gasteiger charge is -2.30. The van der Waals surface area contributed by atoms with Gasteiger partial charge in [0.15, 0.2) is 11.5 Å². The van der Waals surface area contributed by atoms with Gasteiger partial charge in [-0.25, -0.2) is 8.78 Å². The van der Waals surface area contributed by atoms with Gasteiger partial charge in [-0.15, -0.1) is 23.4 Å². The van der Waals surface area contributed by atoms with Gasteiger partial charge in [0.2, 0.25) is 5.91 Å². The topological polar surface area (TPSA) is 132 Å². The van der Waals surface area contributed by atoms with Gasteiger partial charge >= 0.3 is 6.36 Å². The Kier molecular flexibility index (Phi) is 9.46. The number of alkyl halides is 5. The molecule has 2 aromatic heterocycles. The maximum atomic E-state index is 13.2. The Bertz CT molecular complexity index is 1320. The molecule has 1 fully saturated rings. The Morgan fingerprint density at radius 1 is 1.00 bits per heavy atom. The fraction of sp³-hybridized carbons (Fsp3) is 0.500. The molecular weight excluding hydrogens is 557 g/mol. The Balaban J connectivity index is 1.14. The van der Waals surface area contributed by atoms with Crippen LogP contribution in [0.2, 0.25) is 0 Å². The van der Waals surface area contributed by atoms with E-state index in [9.17, 15) is 31.5 Å². The van der Waals surface area contributed by atoms with E-state index in [1.807, 2.05) is 0 Å². The Labute approximate surface area is 230 Å². The maximum absolute atomic E-state index is 13.2. The summed E-state index contributed by atoms with van der Waals surface area (Å²) in [5, 5.41) is 20.8. The third kappa shape index (κ3) is 9.77. The predicted molar refractivity (Wildman–Crippen MR) is 133 cm³/mol. The van der Waals surface area contributed by atoms with Gasteiger partial charge in [0.05, 0.1) is 18.9 Å². The number of benzene rings is 1. The molecule has 222 valence electrons. The predicted octanol–water partition coefficient (Wildman–Crippen LogP) is 2.85. The van der Waals surface area contributed by atoms with Gasteiger partial charge in [-0.2, -0.15) is 0 Å². The molecule has 1 aliphatic rings. The van der Waals surface area contributed by atoms with Gasteiger partial charge < -0.3 is 15.4 Å².